The van der Waals surface area contributed by atoms with Crippen LogP contribution in [0.15, 0.2) is 42.5 Å². The van der Waals surface area contributed by atoms with Gasteiger partial charge in [-0.25, -0.2) is 0 Å². The fraction of sp³-hybridized carbons (Fsp3) is 0.370. The van der Waals surface area contributed by atoms with E-state index in [9.17, 15) is 14.4 Å². The molecule has 7 nitrogen and oxygen atoms in total. The highest BCUT2D eigenvalue weighted by molar-refractivity contribution is 6.23. The van der Waals surface area contributed by atoms with Crippen molar-refractivity contribution in [3.8, 4) is 11.5 Å². The molecule has 0 fully saturated rings. The maximum atomic E-state index is 13.6. The summed E-state index contributed by atoms with van der Waals surface area (Å²) in [6, 6.07) is 9.77. The zero-order chi connectivity index (χ0) is 23.8. The van der Waals surface area contributed by atoms with E-state index in [0.717, 1.165) is 34.6 Å². The molecule has 0 saturated heterocycles. The van der Waals surface area contributed by atoms with Crippen molar-refractivity contribution in [2.24, 2.45) is 5.92 Å². The van der Waals surface area contributed by atoms with Gasteiger partial charge in [-0.2, -0.15) is 0 Å². The molecule has 0 aromatic heterocycles. The van der Waals surface area contributed by atoms with Crippen LogP contribution in [0.3, 0.4) is 0 Å². The number of fused-ring (bicyclic) bond motifs is 3. The van der Waals surface area contributed by atoms with Gasteiger partial charge in [-0.1, -0.05) is 26.0 Å². The minimum Gasteiger partial charge on any atom is -0.490 e. The lowest BCUT2D eigenvalue weighted by atomic mass is 9.93. The predicted molar refractivity (Wildman–Crippen MR) is 127 cm³/mol. The van der Waals surface area contributed by atoms with E-state index in [1.807, 2.05) is 26.0 Å². The Morgan fingerprint density at radius 3 is 2.32 bits per heavy atom. The number of benzene rings is 2. The molecule has 1 N–H and O–H groups in total. The average molecular weight is 461 g/mol. The molecule has 5 rings (SSSR count). The van der Waals surface area contributed by atoms with E-state index in [1.54, 1.807) is 30.3 Å². The van der Waals surface area contributed by atoms with Crippen LogP contribution in [0.4, 0.5) is 0 Å². The third-order valence-electron chi connectivity index (χ3n) is 6.42. The van der Waals surface area contributed by atoms with Crippen LogP contribution >= 0.6 is 0 Å². The van der Waals surface area contributed by atoms with Gasteiger partial charge < -0.3 is 14.8 Å². The number of imide groups is 1. The van der Waals surface area contributed by atoms with Crippen LogP contribution in [0.2, 0.25) is 0 Å². The molecule has 3 heterocycles. The van der Waals surface area contributed by atoms with Crippen LogP contribution in [-0.2, 0) is 11.2 Å². The highest BCUT2D eigenvalue weighted by Crippen LogP contribution is 2.37. The molecule has 3 aliphatic rings. The molecule has 2 aromatic rings. The second-order valence-electron chi connectivity index (χ2n) is 9.31. The van der Waals surface area contributed by atoms with Crippen molar-refractivity contribution < 1.29 is 23.9 Å². The number of carbonyl (C=O) groups is 3. The van der Waals surface area contributed by atoms with Crippen molar-refractivity contribution in [3.63, 3.8) is 0 Å². The molecule has 1 atom stereocenters. The Hall–Kier alpha value is -3.61. The minimum atomic E-state index is -0.868. The van der Waals surface area contributed by atoms with Crippen molar-refractivity contribution in [3.05, 3.63) is 64.7 Å². The third-order valence-corrected chi connectivity index (χ3v) is 6.42. The number of hydrogen-bond donors (Lipinski definition) is 1. The Morgan fingerprint density at radius 2 is 1.68 bits per heavy atom. The fourth-order valence-corrected chi connectivity index (χ4v) is 4.79. The van der Waals surface area contributed by atoms with Gasteiger partial charge in [0.15, 0.2) is 17.3 Å². The Bertz CT molecular complexity index is 1160. The van der Waals surface area contributed by atoms with Gasteiger partial charge in [0.25, 0.3) is 11.8 Å². The Morgan fingerprint density at radius 1 is 1.03 bits per heavy atom. The van der Waals surface area contributed by atoms with Gasteiger partial charge in [0.05, 0.1) is 24.3 Å². The summed E-state index contributed by atoms with van der Waals surface area (Å²) in [6.45, 7) is 5.82. The van der Waals surface area contributed by atoms with Crippen LogP contribution in [0, 0.1) is 5.92 Å². The zero-order valence-corrected chi connectivity index (χ0v) is 19.4. The molecular weight excluding hydrogens is 432 g/mol. The fourth-order valence-electron chi connectivity index (χ4n) is 4.79. The van der Waals surface area contributed by atoms with Crippen molar-refractivity contribution in [2.45, 2.75) is 39.2 Å². The summed E-state index contributed by atoms with van der Waals surface area (Å²) in [5.74, 6) is 0.414. The first kappa shape index (κ1) is 22.2. The number of amides is 2. The summed E-state index contributed by atoms with van der Waals surface area (Å²) >= 11 is 0. The molecular formula is C27H28N2O5. The highest BCUT2D eigenvalue weighted by Gasteiger charge is 2.42. The molecule has 3 aliphatic heterocycles. The molecule has 2 amide bonds. The van der Waals surface area contributed by atoms with E-state index in [-0.39, 0.29) is 11.7 Å². The lowest BCUT2D eigenvalue weighted by Crippen LogP contribution is -2.45. The summed E-state index contributed by atoms with van der Waals surface area (Å²) in [5, 5.41) is 3.32. The molecule has 7 heteroatoms. The Labute approximate surface area is 198 Å². The van der Waals surface area contributed by atoms with Gasteiger partial charge in [0, 0.05) is 30.3 Å². The maximum Gasteiger partial charge on any atom is 0.262 e. The average Bonchev–Trinajstić information content (AvgIpc) is 2.95. The lowest BCUT2D eigenvalue weighted by molar-refractivity contribution is -0.118. The van der Waals surface area contributed by atoms with Gasteiger partial charge in [0.2, 0.25) is 0 Å². The van der Waals surface area contributed by atoms with Gasteiger partial charge >= 0.3 is 0 Å². The minimum absolute atomic E-state index is 0.115. The van der Waals surface area contributed by atoms with Crippen LogP contribution in [-0.4, -0.2) is 48.3 Å². The SMILES string of the molecule is CC(C)C[C@@H](C(=O)C=C1NCCc2cc3c(cc21)OCCCO3)N1C(=O)c2ccccc2C1=O. The first-order valence-electron chi connectivity index (χ1n) is 11.8. The van der Waals surface area contributed by atoms with Gasteiger partial charge in [0.1, 0.15) is 6.04 Å². The van der Waals surface area contributed by atoms with Gasteiger partial charge in [-0.05, 0) is 48.6 Å². The topological polar surface area (TPSA) is 84.9 Å². The monoisotopic (exact) mass is 460 g/mol. The predicted octanol–water partition coefficient (Wildman–Crippen LogP) is 3.61. The second-order valence-corrected chi connectivity index (χ2v) is 9.31. The molecule has 34 heavy (non-hydrogen) atoms. The molecule has 2 aromatic carbocycles. The smallest absolute Gasteiger partial charge is 0.262 e. The quantitative estimate of drug-likeness (QED) is 0.542. The Kier molecular flexibility index (Phi) is 5.86. The lowest BCUT2D eigenvalue weighted by Gasteiger charge is -2.27. The molecule has 0 saturated carbocycles. The van der Waals surface area contributed by atoms with Crippen LogP contribution in [0.5, 0.6) is 11.5 Å². The van der Waals surface area contributed by atoms with Gasteiger partial charge in [-0.3, -0.25) is 19.3 Å². The molecule has 0 spiro atoms. The third kappa shape index (κ3) is 3.95. The molecule has 0 unspecified atom stereocenters. The molecule has 0 radical (unpaired) electrons. The van der Waals surface area contributed by atoms with E-state index in [0.29, 0.717) is 48.8 Å². The number of hydrogen-bond acceptors (Lipinski definition) is 6. The van der Waals surface area contributed by atoms with Crippen LogP contribution < -0.4 is 14.8 Å². The van der Waals surface area contributed by atoms with E-state index < -0.39 is 17.9 Å². The number of ketones is 1. The van der Waals surface area contributed by atoms with Gasteiger partial charge in [-0.15, -0.1) is 0 Å². The Balaban J connectivity index is 1.50. The van der Waals surface area contributed by atoms with Crippen molar-refractivity contribution in [1.82, 2.24) is 10.2 Å². The standard InChI is InChI=1S/C27H28N2O5/c1-16(2)12-22(29-26(31)18-6-3-4-7-19(18)27(29)32)23(30)15-21-20-14-25-24(33-10-5-11-34-25)13-17(20)8-9-28-21/h3-4,6-7,13-16,22,28H,5,8-12H2,1-2H3/t22-/m0/s1. The van der Waals surface area contributed by atoms with E-state index in [1.165, 1.54) is 0 Å². The van der Waals surface area contributed by atoms with E-state index in [4.69, 9.17) is 9.47 Å². The zero-order valence-electron chi connectivity index (χ0n) is 19.4. The van der Waals surface area contributed by atoms with E-state index in [2.05, 4.69) is 5.32 Å². The number of carbonyl (C=O) groups excluding carboxylic acids is 3. The molecule has 0 bridgehead atoms. The summed E-state index contributed by atoms with van der Waals surface area (Å²) < 4.78 is 11.7. The van der Waals surface area contributed by atoms with Crippen LogP contribution in [0.25, 0.3) is 5.70 Å². The first-order valence-corrected chi connectivity index (χ1v) is 11.8. The van der Waals surface area contributed by atoms with Crippen molar-refractivity contribution in [2.75, 3.05) is 19.8 Å². The molecule has 176 valence electrons. The first-order chi connectivity index (χ1) is 16.4. The number of nitrogens with zero attached hydrogens (tertiary/aromatic N) is 1. The normalized spacial score (nSPS) is 18.9. The van der Waals surface area contributed by atoms with Crippen molar-refractivity contribution in [1.29, 1.82) is 0 Å². The van der Waals surface area contributed by atoms with Crippen LogP contribution in [0.1, 0.15) is 58.5 Å². The largest absolute Gasteiger partial charge is 0.490 e. The highest BCUT2D eigenvalue weighted by atomic mass is 16.5. The van der Waals surface area contributed by atoms with Crippen molar-refractivity contribution >= 4 is 23.3 Å². The maximum absolute atomic E-state index is 13.6. The second kappa shape index (κ2) is 8.97. The summed E-state index contributed by atoms with van der Waals surface area (Å²) in [7, 11) is 0. The number of ether oxygens (including phenoxy) is 2. The number of rotatable bonds is 5. The summed E-state index contributed by atoms with van der Waals surface area (Å²) in [6.07, 6.45) is 3.54. The summed E-state index contributed by atoms with van der Waals surface area (Å²) in [4.78, 5) is 41.0. The number of nitrogens with one attached hydrogen (secondary N) is 1. The summed E-state index contributed by atoms with van der Waals surface area (Å²) in [5.41, 5.74) is 3.33. The van der Waals surface area contributed by atoms with E-state index >= 15 is 0 Å². The molecule has 0 aliphatic carbocycles.